The molecule has 4 N–H and O–H groups in total. The third-order valence-electron chi connectivity index (χ3n) is 2.92. The number of hydrogen-bond donors (Lipinski definition) is 3. The van der Waals surface area contributed by atoms with E-state index in [0.29, 0.717) is 30.0 Å². The van der Waals surface area contributed by atoms with Gasteiger partial charge in [-0.3, -0.25) is 5.43 Å². The van der Waals surface area contributed by atoms with E-state index >= 15 is 0 Å². The predicted molar refractivity (Wildman–Crippen MR) is 74.2 cm³/mol. The second-order valence-electron chi connectivity index (χ2n) is 4.42. The molecule has 0 amide bonds. The van der Waals surface area contributed by atoms with Crippen molar-refractivity contribution in [2.45, 2.75) is 25.4 Å². The van der Waals surface area contributed by atoms with Crippen LogP contribution >= 0.6 is 0 Å². The molecule has 19 heavy (non-hydrogen) atoms. The maximum atomic E-state index is 5.43. The maximum Gasteiger partial charge on any atom is 0.206 e. The van der Waals surface area contributed by atoms with Crippen LogP contribution in [0.15, 0.2) is 23.2 Å². The number of hydrogen-bond acceptors (Lipinski definition) is 4. The maximum absolute atomic E-state index is 5.43. The lowest BCUT2D eigenvalue weighted by molar-refractivity contribution is 0.354. The van der Waals surface area contributed by atoms with Gasteiger partial charge in [0.2, 0.25) is 5.96 Å². The molecule has 0 aliphatic heterocycles. The first-order valence-electron chi connectivity index (χ1n) is 6.25. The number of nitrogens with two attached hydrogens (primary N) is 1. The summed E-state index contributed by atoms with van der Waals surface area (Å²) in [6.07, 6.45) is 2.36. The topological polar surface area (TPSA) is 80.9 Å². The summed E-state index contributed by atoms with van der Waals surface area (Å²) in [5.41, 5.74) is 3.61. The minimum absolute atomic E-state index is 0.514. The molecule has 1 saturated carbocycles. The third kappa shape index (κ3) is 3.75. The van der Waals surface area contributed by atoms with Gasteiger partial charge in [0.15, 0.2) is 11.5 Å². The minimum atomic E-state index is 0.514. The van der Waals surface area contributed by atoms with Gasteiger partial charge >= 0.3 is 0 Å². The fraction of sp³-hybridized carbons (Fsp3) is 0.462. The van der Waals surface area contributed by atoms with Gasteiger partial charge in [0.25, 0.3) is 0 Å². The lowest BCUT2D eigenvalue weighted by Gasteiger charge is -2.10. The number of methoxy groups -OCH3 is 2. The number of nitrogens with zero attached hydrogens (tertiary/aromatic N) is 1. The van der Waals surface area contributed by atoms with Crippen LogP contribution in [0.3, 0.4) is 0 Å². The van der Waals surface area contributed by atoms with Gasteiger partial charge in [-0.2, -0.15) is 0 Å². The molecule has 1 fully saturated rings. The molecule has 1 aromatic rings. The van der Waals surface area contributed by atoms with Gasteiger partial charge in [0, 0.05) is 6.04 Å². The zero-order valence-electron chi connectivity index (χ0n) is 11.3. The highest BCUT2D eigenvalue weighted by Crippen LogP contribution is 2.27. The monoisotopic (exact) mass is 264 g/mol. The molecule has 1 aliphatic rings. The van der Waals surface area contributed by atoms with Crippen molar-refractivity contribution >= 4 is 5.96 Å². The number of guanidine groups is 1. The van der Waals surface area contributed by atoms with Gasteiger partial charge in [0.1, 0.15) is 0 Å². The summed E-state index contributed by atoms with van der Waals surface area (Å²) in [6, 6.07) is 6.25. The smallest absolute Gasteiger partial charge is 0.206 e. The van der Waals surface area contributed by atoms with Crippen LogP contribution in [0.1, 0.15) is 18.4 Å². The highest BCUT2D eigenvalue weighted by Gasteiger charge is 2.21. The summed E-state index contributed by atoms with van der Waals surface area (Å²) in [5, 5.41) is 3.22. The Morgan fingerprint density at radius 1 is 1.32 bits per heavy atom. The molecule has 0 bridgehead atoms. The van der Waals surface area contributed by atoms with E-state index in [1.54, 1.807) is 14.2 Å². The van der Waals surface area contributed by atoms with Crippen molar-refractivity contribution in [1.29, 1.82) is 0 Å². The van der Waals surface area contributed by atoms with Gasteiger partial charge in [-0.05, 0) is 30.5 Å². The molecule has 6 nitrogen and oxygen atoms in total. The molecule has 104 valence electrons. The van der Waals surface area contributed by atoms with Crippen molar-refractivity contribution in [1.82, 2.24) is 10.7 Å². The molecular weight excluding hydrogens is 244 g/mol. The van der Waals surface area contributed by atoms with E-state index < -0.39 is 0 Å². The highest BCUT2D eigenvalue weighted by molar-refractivity contribution is 5.79. The van der Waals surface area contributed by atoms with E-state index in [9.17, 15) is 0 Å². The first-order valence-corrected chi connectivity index (χ1v) is 6.25. The Morgan fingerprint density at radius 2 is 2.05 bits per heavy atom. The lowest BCUT2D eigenvalue weighted by Crippen LogP contribution is -2.42. The molecule has 1 aliphatic carbocycles. The Hall–Kier alpha value is -1.95. The van der Waals surface area contributed by atoms with Crippen LogP contribution in [-0.2, 0) is 6.54 Å². The molecule has 0 aromatic heterocycles. The van der Waals surface area contributed by atoms with Crippen LogP contribution in [0, 0.1) is 0 Å². The van der Waals surface area contributed by atoms with E-state index in [2.05, 4.69) is 15.7 Å². The van der Waals surface area contributed by atoms with Gasteiger partial charge in [-0.1, -0.05) is 6.07 Å². The molecular formula is C13H20N4O2. The predicted octanol–water partition coefficient (Wildman–Crippen LogP) is 0.775. The summed E-state index contributed by atoms with van der Waals surface area (Å²) in [7, 11) is 3.23. The number of benzene rings is 1. The van der Waals surface area contributed by atoms with Crippen LogP contribution < -0.4 is 26.1 Å². The van der Waals surface area contributed by atoms with Crippen LogP contribution in [-0.4, -0.2) is 26.2 Å². The standard InChI is InChI=1S/C13H20N4O2/c1-18-11-6-3-9(7-12(11)19-2)8-15-13(17-14)16-10-4-5-10/h3,6-7,10H,4-5,8,14H2,1-2H3,(H2,15,16,17). The third-order valence-corrected chi connectivity index (χ3v) is 2.92. The Labute approximate surface area is 113 Å². The fourth-order valence-corrected chi connectivity index (χ4v) is 1.70. The van der Waals surface area contributed by atoms with E-state index in [4.69, 9.17) is 15.3 Å². The molecule has 0 unspecified atom stereocenters. The Balaban J connectivity index is 2.02. The highest BCUT2D eigenvalue weighted by atomic mass is 16.5. The molecule has 0 atom stereocenters. The van der Waals surface area contributed by atoms with Crippen molar-refractivity contribution in [2.24, 2.45) is 10.8 Å². The summed E-state index contributed by atoms with van der Waals surface area (Å²) in [5.74, 6) is 7.46. The summed E-state index contributed by atoms with van der Waals surface area (Å²) in [4.78, 5) is 4.40. The normalized spacial score (nSPS) is 15.0. The van der Waals surface area contributed by atoms with Crippen molar-refractivity contribution in [3.63, 3.8) is 0 Å². The molecule has 6 heteroatoms. The van der Waals surface area contributed by atoms with Gasteiger partial charge in [-0.25, -0.2) is 10.8 Å². The van der Waals surface area contributed by atoms with Gasteiger partial charge < -0.3 is 14.8 Å². The summed E-state index contributed by atoms with van der Waals surface area (Å²) < 4.78 is 10.4. The molecule has 2 rings (SSSR count). The van der Waals surface area contributed by atoms with Crippen molar-refractivity contribution < 1.29 is 9.47 Å². The minimum Gasteiger partial charge on any atom is -0.493 e. The van der Waals surface area contributed by atoms with Gasteiger partial charge in [-0.15, -0.1) is 0 Å². The zero-order chi connectivity index (χ0) is 13.7. The molecule has 0 radical (unpaired) electrons. The second kappa shape index (κ2) is 6.29. The van der Waals surface area contributed by atoms with Crippen molar-refractivity contribution in [3.8, 4) is 11.5 Å². The van der Waals surface area contributed by atoms with E-state index in [-0.39, 0.29) is 0 Å². The van der Waals surface area contributed by atoms with E-state index in [1.807, 2.05) is 18.2 Å². The zero-order valence-corrected chi connectivity index (χ0v) is 11.3. The number of hydrazine groups is 1. The molecule has 0 spiro atoms. The average molecular weight is 264 g/mol. The molecule has 0 heterocycles. The summed E-state index contributed by atoms with van der Waals surface area (Å²) in [6.45, 7) is 0.527. The van der Waals surface area contributed by atoms with Gasteiger partial charge in [0.05, 0.1) is 20.8 Å². The largest absolute Gasteiger partial charge is 0.493 e. The fourth-order valence-electron chi connectivity index (χ4n) is 1.70. The van der Waals surface area contributed by atoms with Crippen molar-refractivity contribution in [2.75, 3.05) is 14.2 Å². The molecule has 0 saturated heterocycles. The van der Waals surface area contributed by atoms with Crippen molar-refractivity contribution in [3.05, 3.63) is 23.8 Å². The van der Waals surface area contributed by atoms with Crippen LogP contribution in [0.4, 0.5) is 0 Å². The Bertz CT molecular complexity index is 458. The second-order valence-corrected chi connectivity index (χ2v) is 4.42. The number of nitrogens with one attached hydrogen (secondary N) is 2. The van der Waals surface area contributed by atoms with Crippen LogP contribution in [0.5, 0.6) is 11.5 Å². The summed E-state index contributed by atoms with van der Waals surface area (Å²) >= 11 is 0. The van der Waals surface area contributed by atoms with E-state index in [1.165, 1.54) is 12.8 Å². The van der Waals surface area contributed by atoms with Crippen LogP contribution in [0.25, 0.3) is 0 Å². The first-order chi connectivity index (χ1) is 9.26. The quantitative estimate of drug-likeness (QED) is 0.317. The number of aliphatic imine (C=N–C) groups is 1. The number of ether oxygens (including phenoxy) is 2. The Morgan fingerprint density at radius 3 is 2.63 bits per heavy atom. The SMILES string of the molecule is COc1ccc(CN=C(NN)NC2CC2)cc1OC. The molecule has 1 aromatic carbocycles. The average Bonchev–Trinajstić information content (AvgIpc) is 3.26. The van der Waals surface area contributed by atoms with E-state index in [0.717, 1.165) is 5.56 Å². The Kier molecular flexibility index (Phi) is 4.46. The lowest BCUT2D eigenvalue weighted by atomic mass is 10.2. The number of rotatable bonds is 5. The first kappa shape index (κ1) is 13.5. The van der Waals surface area contributed by atoms with Crippen LogP contribution in [0.2, 0.25) is 0 Å².